The molecule has 1 aliphatic carbocycles. The highest BCUT2D eigenvalue weighted by Crippen LogP contribution is 2.28. The van der Waals surface area contributed by atoms with Crippen LogP contribution in [0.15, 0.2) is 23.1 Å². The molecule has 3 rings (SSSR count). The lowest BCUT2D eigenvalue weighted by Crippen LogP contribution is -2.36. The molecule has 2 aliphatic rings. The van der Waals surface area contributed by atoms with Gasteiger partial charge in [0.15, 0.2) is 0 Å². The summed E-state index contributed by atoms with van der Waals surface area (Å²) in [5.74, 6) is -0.159. The van der Waals surface area contributed by atoms with Gasteiger partial charge >= 0.3 is 0 Å². The second-order valence-corrected chi connectivity index (χ2v) is 9.62. The van der Waals surface area contributed by atoms with E-state index < -0.39 is 10.0 Å². The fourth-order valence-electron chi connectivity index (χ4n) is 3.81. The number of carbonyl (C=O) groups is 1. The third-order valence-corrected chi connectivity index (χ3v) is 7.19. The highest BCUT2D eigenvalue weighted by Gasteiger charge is 2.26. The molecule has 0 spiro atoms. The maximum atomic E-state index is 13.0. The zero-order valence-corrected chi connectivity index (χ0v) is 16.5. The highest BCUT2D eigenvalue weighted by atomic mass is 32.2. The molecule has 1 aromatic carbocycles. The van der Waals surface area contributed by atoms with Crippen molar-refractivity contribution in [1.82, 2.24) is 9.62 Å². The van der Waals surface area contributed by atoms with Crippen LogP contribution in [-0.2, 0) is 10.0 Å². The Bertz CT molecular complexity index is 749. The van der Waals surface area contributed by atoms with Gasteiger partial charge in [0, 0.05) is 38.9 Å². The third-order valence-electron chi connectivity index (χ3n) is 5.38. The lowest BCUT2D eigenvalue weighted by atomic mass is 10.1. The molecule has 1 aromatic rings. The smallest absolute Gasteiger partial charge is 0.253 e. The first-order chi connectivity index (χ1) is 12.4. The minimum Gasteiger partial charge on any atom is -0.371 e. The summed E-state index contributed by atoms with van der Waals surface area (Å²) in [4.78, 5) is 15.3. The van der Waals surface area contributed by atoms with Gasteiger partial charge in [-0.05, 0) is 50.3 Å². The molecule has 0 atom stereocenters. The molecule has 6 nitrogen and oxygen atoms in total. The number of rotatable bonds is 5. The van der Waals surface area contributed by atoms with Crippen LogP contribution in [0.4, 0.5) is 5.69 Å². The number of hydrogen-bond donors (Lipinski definition) is 1. The molecule has 1 amide bonds. The van der Waals surface area contributed by atoms with E-state index in [1.54, 1.807) is 18.2 Å². The minimum absolute atomic E-state index is 0.159. The van der Waals surface area contributed by atoms with Gasteiger partial charge in [-0.25, -0.2) is 12.7 Å². The molecule has 0 radical (unpaired) electrons. The number of nitrogens with zero attached hydrogens (tertiary/aromatic N) is 2. The first-order valence-electron chi connectivity index (χ1n) is 9.52. The van der Waals surface area contributed by atoms with Crippen molar-refractivity contribution in [3.05, 3.63) is 23.8 Å². The van der Waals surface area contributed by atoms with E-state index in [-0.39, 0.29) is 16.8 Å². The van der Waals surface area contributed by atoms with Crippen molar-refractivity contribution in [1.29, 1.82) is 0 Å². The molecule has 0 unspecified atom stereocenters. The minimum atomic E-state index is -3.57. The van der Waals surface area contributed by atoms with Crippen molar-refractivity contribution in [3.8, 4) is 0 Å². The van der Waals surface area contributed by atoms with E-state index in [1.165, 1.54) is 24.8 Å². The first-order valence-corrected chi connectivity index (χ1v) is 11.0. The molecule has 0 bridgehead atoms. The van der Waals surface area contributed by atoms with Crippen LogP contribution in [0, 0.1) is 0 Å². The molecule has 144 valence electrons. The molecular weight excluding hydrogens is 350 g/mol. The first kappa shape index (κ1) is 19.2. The summed E-state index contributed by atoms with van der Waals surface area (Å²) < 4.78 is 26.2. The Balaban J connectivity index is 1.96. The molecule has 1 saturated carbocycles. The fraction of sp³-hybridized carbons (Fsp3) is 0.632. The third kappa shape index (κ3) is 4.04. The molecule has 7 heteroatoms. The van der Waals surface area contributed by atoms with Crippen molar-refractivity contribution in [2.45, 2.75) is 55.9 Å². The molecule has 26 heavy (non-hydrogen) atoms. The second-order valence-electron chi connectivity index (χ2n) is 7.47. The molecule has 0 aromatic heterocycles. The van der Waals surface area contributed by atoms with E-state index in [1.807, 2.05) is 0 Å². The van der Waals surface area contributed by atoms with E-state index in [2.05, 4.69) is 10.2 Å². The largest absolute Gasteiger partial charge is 0.371 e. The van der Waals surface area contributed by atoms with E-state index >= 15 is 0 Å². The summed E-state index contributed by atoms with van der Waals surface area (Å²) in [5.41, 5.74) is 1.32. The van der Waals surface area contributed by atoms with Gasteiger partial charge in [-0.1, -0.05) is 12.8 Å². The Hall–Kier alpha value is -1.60. The van der Waals surface area contributed by atoms with Crippen molar-refractivity contribution in [2.75, 3.05) is 32.1 Å². The molecule has 1 saturated heterocycles. The van der Waals surface area contributed by atoms with Crippen LogP contribution >= 0.6 is 0 Å². The Labute approximate surface area is 156 Å². The number of anilines is 1. The molecule has 2 fully saturated rings. The molecular formula is C19H29N3O3S. The summed E-state index contributed by atoms with van der Waals surface area (Å²) in [6.45, 7) is 1.81. The number of hydrogen-bond acceptors (Lipinski definition) is 4. The van der Waals surface area contributed by atoms with Crippen LogP contribution in [0.1, 0.15) is 55.3 Å². The van der Waals surface area contributed by atoms with E-state index in [9.17, 15) is 13.2 Å². The Morgan fingerprint density at radius 1 is 1.08 bits per heavy atom. The Morgan fingerprint density at radius 3 is 2.35 bits per heavy atom. The van der Waals surface area contributed by atoms with Gasteiger partial charge in [-0.2, -0.15) is 0 Å². The van der Waals surface area contributed by atoms with Gasteiger partial charge in [-0.15, -0.1) is 0 Å². The van der Waals surface area contributed by atoms with Gasteiger partial charge in [0.1, 0.15) is 0 Å². The highest BCUT2D eigenvalue weighted by molar-refractivity contribution is 7.89. The number of benzene rings is 1. The fourth-order valence-corrected chi connectivity index (χ4v) is 4.74. The van der Waals surface area contributed by atoms with E-state index in [0.29, 0.717) is 5.56 Å². The average Bonchev–Trinajstić information content (AvgIpc) is 3.14. The predicted octanol–water partition coefficient (Wildman–Crippen LogP) is 2.60. The second kappa shape index (κ2) is 7.96. The van der Waals surface area contributed by atoms with Crippen LogP contribution < -0.4 is 10.2 Å². The standard InChI is InChI=1S/C19H29N3O3S/c1-21(2)26(24,25)16-10-11-18(22-12-6-3-7-13-22)17(14-16)19(23)20-15-8-4-5-9-15/h10-11,14-15H,3-9,12-13H2,1-2H3,(H,20,23). The average molecular weight is 380 g/mol. The van der Waals surface area contributed by atoms with Crippen molar-refractivity contribution in [2.24, 2.45) is 0 Å². The number of carbonyl (C=O) groups excluding carboxylic acids is 1. The van der Waals surface area contributed by atoms with Crippen LogP contribution in [-0.4, -0.2) is 51.9 Å². The topological polar surface area (TPSA) is 69.7 Å². The van der Waals surface area contributed by atoms with Crippen molar-refractivity contribution >= 4 is 21.6 Å². The number of amides is 1. The quantitative estimate of drug-likeness (QED) is 0.854. The maximum absolute atomic E-state index is 13.0. The summed E-state index contributed by atoms with van der Waals surface area (Å²) in [7, 11) is -0.561. The lowest BCUT2D eigenvalue weighted by Gasteiger charge is -2.31. The number of sulfonamides is 1. The van der Waals surface area contributed by atoms with Crippen LogP contribution in [0.3, 0.4) is 0 Å². The van der Waals surface area contributed by atoms with Crippen molar-refractivity contribution < 1.29 is 13.2 Å². The summed E-state index contributed by atoms with van der Waals surface area (Å²) in [5, 5.41) is 3.11. The van der Waals surface area contributed by atoms with Gasteiger partial charge in [0.2, 0.25) is 10.0 Å². The number of piperidine rings is 1. The zero-order chi connectivity index (χ0) is 18.7. The molecule has 1 aliphatic heterocycles. The summed E-state index contributed by atoms with van der Waals surface area (Å²) in [6, 6.07) is 5.16. The lowest BCUT2D eigenvalue weighted by molar-refractivity contribution is 0.0938. The van der Waals surface area contributed by atoms with Crippen LogP contribution in [0.2, 0.25) is 0 Å². The van der Waals surface area contributed by atoms with Crippen LogP contribution in [0.5, 0.6) is 0 Å². The Morgan fingerprint density at radius 2 is 1.73 bits per heavy atom. The maximum Gasteiger partial charge on any atom is 0.253 e. The summed E-state index contributed by atoms with van der Waals surface area (Å²) in [6.07, 6.45) is 7.68. The van der Waals surface area contributed by atoms with Crippen LogP contribution in [0.25, 0.3) is 0 Å². The molecule has 1 heterocycles. The zero-order valence-electron chi connectivity index (χ0n) is 15.7. The van der Waals surface area contributed by atoms with Gasteiger partial charge < -0.3 is 10.2 Å². The van der Waals surface area contributed by atoms with Gasteiger partial charge in [-0.3, -0.25) is 4.79 Å². The van der Waals surface area contributed by atoms with E-state index in [4.69, 9.17) is 0 Å². The normalized spacial score (nSPS) is 19.1. The predicted molar refractivity (Wildman–Crippen MR) is 103 cm³/mol. The Kier molecular flexibility index (Phi) is 5.87. The van der Waals surface area contributed by atoms with Gasteiger partial charge in [0.25, 0.3) is 5.91 Å². The number of nitrogens with one attached hydrogen (secondary N) is 1. The van der Waals surface area contributed by atoms with E-state index in [0.717, 1.165) is 57.3 Å². The molecule has 1 N–H and O–H groups in total. The van der Waals surface area contributed by atoms with Crippen molar-refractivity contribution in [3.63, 3.8) is 0 Å². The monoisotopic (exact) mass is 379 g/mol. The summed E-state index contributed by atoms with van der Waals surface area (Å²) >= 11 is 0. The SMILES string of the molecule is CN(C)S(=O)(=O)c1ccc(N2CCCCC2)c(C(=O)NC2CCCC2)c1. The van der Waals surface area contributed by atoms with Gasteiger partial charge in [0.05, 0.1) is 10.5 Å².